The van der Waals surface area contributed by atoms with Gasteiger partial charge in [0, 0.05) is 12.1 Å². The quantitative estimate of drug-likeness (QED) is 0.353. The zero-order valence-electron chi connectivity index (χ0n) is 24.5. The van der Waals surface area contributed by atoms with E-state index in [-0.39, 0.29) is 0 Å². The summed E-state index contributed by atoms with van der Waals surface area (Å²) < 4.78 is 0. The monoisotopic (exact) mass is 534 g/mol. The molecule has 0 saturated carbocycles. The molecule has 3 aromatic rings. The second-order valence-electron chi connectivity index (χ2n) is 12.5. The Bertz CT molecular complexity index is 1620. The molecule has 7 rings (SSSR count). The molecule has 3 aromatic carbocycles. The molecule has 1 heteroatoms. The van der Waals surface area contributed by atoms with Crippen LogP contribution in [0.4, 0.5) is 0 Å². The van der Waals surface area contributed by atoms with Gasteiger partial charge >= 0.3 is 0 Å². The molecule has 4 atom stereocenters. The zero-order valence-corrected chi connectivity index (χ0v) is 24.5. The largest absolute Gasteiger partial charge is 0.378 e. The van der Waals surface area contributed by atoms with Gasteiger partial charge in [-0.2, -0.15) is 0 Å². The third-order valence-electron chi connectivity index (χ3n) is 10.1. The first-order valence-corrected chi connectivity index (χ1v) is 15.5. The summed E-state index contributed by atoms with van der Waals surface area (Å²) in [7, 11) is 0. The lowest BCUT2D eigenvalue weighted by molar-refractivity contribution is 0.354. The van der Waals surface area contributed by atoms with Gasteiger partial charge in [0.1, 0.15) is 0 Å². The Morgan fingerprint density at radius 2 is 1.56 bits per heavy atom. The molecule has 0 bridgehead atoms. The average Bonchev–Trinajstić information content (AvgIpc) is 3.17. The highest BCUT2D eigenvalue weighted by atomic mass is 14.9. The van der Waals surface area contributed by atoms with Crippen molar-refractivity contribution in [2.75, 3.05) is 0 Å². The summed E-state index contributed by atoms with van der Waals surface area (Å²) in [5.41, 5.74) is 15.3. The summed E-state index contributed by atoms with van der Waals surface area (Å²) in [5.74, 6) is 1.62. The second kappa shape index (κ2) is 10.9. The van der Waals surface area contributed by atoms with E-state index in [1.807, 2.05) is 0 Å². The van der Waals surface area contributed by atoms with Gasteiger partial charge in [-0.3, -0.25) is 0 Å². The molecule has 0 heterocycles. The molecule has 0 aromatic heterocycles. The lowest BCUT2D eigenvalue weighted by atomic mass is 9.67. The number of rotatable bonds is 3. The molecular formula is C40H40N. The molecule has 0 aliphatic heterocycles. The van der Waals surface area contributed by atoms with Crippen molar-refractivity contribution in [3.05, 3.63) is 160 Å². The van der Waals surface area contributed by atoms with Gasteiger partial charge in [0.25, 0.3) is 0 Å². The van der Waals surface area contributed by atoms with E-state index in [4.69, 9.17) is 0 Å². The summed E-state index contributed by atoms with van der Waals surface area (Å²) in [5, 5.41) is 3.84. The maximum Gasteiger partial charge on any atom is 0.0516 e. The maximum absolute atomic E-state index is 3.84. The summed E-state index contributed by atoms with van der Waals surface area (Å²) in [4.78, 5) is 0. The Morgan fingerprint density at radius 1 is 0.780 bits per heavy atom. The average molecular weight is 535 g/mol. The standard InChI is InChI=1S/C40H40N/c1-26-15-17-31(18-16-26)38-25-39-33(27(2)28(38)3)23-24-34(36-12-6-7-13-37(36)39)30-19-21-32(22-20-30)41-40-14-8-10-29-9-4-5-11-35(29)40/h4-7,9,11-13,15-24,27-28,38,40-41H,8,10,14,25H2,1-3H3. The number of benzene rings is 3. The van der Waals surface area contributed by atoms with Crippen LogP contribution in [-0.4, -0.2) is 0 Å². The molecule has 1 nitrogen and oxygen atoms in total. The van der Waals surface area contributed by atoms with Gasteiger partial charge in [-0.25, -0.2) is 0 Å². The molecular weight excluding hydrogens is 494 g/mol. The van der Waals surface area contributed by atoms with E-state index in [1.165, 1.54) is 80.6 Å². The van der Waals surface area contributed by atoms with Crippen LogP contribution in [0.5, 0.6) is 0 Å². The van der Waals surface area contributed by atoms with Crippen LogP contribution in [0.3, 0.4) is 0 Å². The highest BCUT2D eigenvalue weighted by Gasteiger charge is 2.35. The molecule has 0 saturated heterocycles. The van der Waals surface area contributed by atoms with Gasteiger partial charge in [0.15, 0.2) is 0 Å². The molecule has 1 N–H and O–H groups in total. The molecule has 0 amide bonds. The van der Waals surface area contributed by atoms with E-state index in [2.05, 4.69) is 136 Å². The fraction of sp³-hybridized carbons (Fsp3) is 0.275. The van der Waals surface area contributed by atoms with Crippen molar-refractivity contribution in [2.45, 2.75) is 58.4 Å². The number of nitrogens with one attached hydrogen (secondary N) is 1. The van der Waals surface area contributed by atoms with Crippen molar-refractivity contribution < 1.29 is 0 Å². The molecule has 0 fully saturated rings. The minimum absolute atomic E-state index is 0.387. The van der Waals surface area contributed by atoms with Gasteiger partial charge in [0.2, 0.25) is 0 Å². The third-order valence-corrected chi connectivity index (χ3v) is 10.1. The van der Waals surface area contributed by atoms with Crippen molar-refractivity contribution >= 4 is 11.1 Å². The molecule has 41 heavy (non-hydrogen) atoms. The van der Waals surface area contributed by atoms with Crippen LogP contribution in [0, 0.1) is 25.2 Å². The minimum Gasteiger partial charge on any atom is -0.378 e. The van der Waals surface area contributed by atoms with Crippen molar-refractivity contribution in [2.24, 2.45) is 11.8 Å². The summed E-state index contributed by atoms with van der Waals surface area (Å²) in [6, 6.07) is 27.6. The number of aryl methyl sites for hydroxylation is 2. The second-order valence-corrected chi connectivity index (χ2v) is 12.5. The van der Waals surface area contributed by atoms with E-state index in [0.717, 1.165) is 6.42 Å². The summed E-state index contributed by atoms with van der Waals surface area (Å²) in [6.45, 7) is 7.06. The van der Waals surface area contributed by atoms with Crippen LogP contribution in [-0.2, 0) is 6.42 Å². The fourth-order valence-electron chi connectivity index (χ4n) is 7.53. The predicted octanol–water partition coefficient (Wildman–Crippen LogP) is 9.86. The van der Waals surface area contributed by atoms with E-state index in [9.17, 15) is 0 Å². The maximum atomic E-state index is 3.84. The topological polar surface area (TPSA) is 12.0 Å². The molecule has 4 aliphatic rings. The first-order valence-electron chi connectivity index (χ1n) is 15.5. The van der Waals surface area contributed by atoms with Crippen LogP contribution in [0.1, 0.15) is 78.5 Å². The molecule has 205 valence electrons. The Balaban J connectivity index is 1.19. The predicted molar refractivity (Wildman–Crippen MR) is 173 cm³/mol. The highest BCUT2D eigenvalue weighted by molar-refractivity contribution is 5.92. The van der Waals surface area contributed by atoms with Crippen LogP contribution in [0.25, 0.3) is 11.1 Å². The van der Waals surface area contributed by atoms with Crippen molar-refractivity contribution in [1.29, 1.82) is 0 Å². The Hall–Kier alpha value is -3.84. The lowest BCUT2D eigenvalue weighted by Crippen LogP contribution is -2.24. The number of hydrogen-bond donors (Lipinski definition) is 1. The first kappa shape index (κ1) is 26.1. The summed E-state index contributed by atoms with van der Waals surface area (Å²) in [6.07, 6.45) is 18.7. The normalized spacial score (nSPS) is 27.0. The number of allylic oxidation sites excluding steroid dienone is 9. The van der Waals surface area contributed by atoms with Crippen LogP contribution < -0.4 is 5.32 Å². The van der Waals surface area contributed by atoms with E-state index in [0.29, 0.717) is 23.8 Å². The van der Waals surface area contributed by atoms with Gasteiger partial charge in [-0.1, -0.05) is 117 Å². The SMILES string of the molecule is Cc1ccc(C2CC3=C(C=C/C(=C4/[CH]C=C(NC5CCCc6ccccc65)C=C4)c4ccccc43)C(C)C2C)cc1. The van der Waals surface area contributed by atoms with E-state index >= 15 is 0 Å². The Labute approximate surface area is 246 Å². The Kier molecular flexibility index (Phi) is 6.91. The van der Waals surface area contributed by atoms with Gasteiger partial charge in [-0.15, -0.1) is 0 Å². The van der Waals surface area contributed by atoms with Gasteiger partial charge < -0.3 is 5.32 Å². The van der Waals surface area contributed by atoms with Gasteiger partial charge in [0.05, 0.1) is 6.04 Å². The van der Waals surface area contributed by atoms with Crippen molar-refractivity contribution in [1.82, 2.24) is 5.32 Å². The van der Waals surface area contributed by atoms with Crippen LogP contribution in [0.15, 0.2) is 120 Å². The van der Waals surface area contributed by atoms with Crippen molar-refractivity contribution in [3.8, 4) is 0 Å². The molecule has 0 spiro atoms. The van der Waals surface area contributed by atoms with E-state index < -0.39 is 0 Å². The number of hydrogen-bond acceptors (Lipinski definition) is 1. The molecule has 4 unspecified atom stereocenters. The van der Waals surface area contributed by atoms with E-state index in [1.54, 1.807) is 0 Å². The Morgan fingerprint density at radius 3 is 2.37 bits per heavy atom. The smallest absolute Gasteiger partial charge is 0.0516 e. The molecule has 1 radical (unpaired) electrons. The van der Waals surface area contributed by atoms with Crippen molar-refractivity contribution in [3.63, 3.8) is 0 Å². The summed E-state index contributed by atoms with van der Waals surface area (Å²) >= 11 is 0. The fourth-order valence-corrected chi connectivity index (χ4v) is 7.53. The van der Waals surface area contributed by atoms with Crippen LogP contribution in [0.2, 0.25) is 0 Å². The minimum atomic E-state index is 0.387. The zero-order chi connectivity index (χ0) is 27.9. The lowest BCUT2D eigenvalue weighted by Gasteiger charge is -2.37. The van der Waals surface area contributed by atoms with Gasteiger partial charge in [-0.05, 0) is 107 Å². The first-order chi connectivity index (χ1) is 20.1. The highest BCUT2D eigenvalue weighted by Crippen LogP contribution is 2.50. The third kappa shape index (κ3) is 4.86. The van der Waals surface area contributed by atoms with Crippen LogP contribution >= 0.6 is 0 Å². The molecule has 4 aliphatic carbocycles. The number of fused-ring (bicyclic) bond motifs is 3.